The summed E-state index contributed by atoms with van der Waals surface area (Å²) in [7, 11) is -3.33. The van der Waals surface area contributed by atoms with Crippen molar-refractivity contribution in [3.8, 4) is 0 Å². The molecule has 0 atom stereocenters. The third kappa shape index (κ3) is 2.68. The van der Waals surface area contributed by atoms with Gasteiger partial charge in [-0.2, -0.15) is 0 Å². The molecule has 0 unspecified atom stereocenters. The summed E-state index contributed by atoms with van der Waals surface area (Å²) in [5.41, 5.74) is -0.857. The lowest BCUT2D eigenvalue weighted by atomic mass is 10.1. The maximum absolute atomic E-state index is 13.7. The van der Waals surface area contributed by atoms with Crippen molar-refractivity contribution < 1.29 is 31.5 Å². The van der Waals surface area contributed by atoms with Crippen LogP contribution in [0.25, 0.3) is 5.76 Å². The molecule has 2 aromatic carbocycles. The molecular formula is C16H11F3N2O4S. The second-order valence-electron chi connectivity index (χ2n) is 5.37. The zero-order chi connectivity index (χ0) is 19.2. The van der Waals surface area contributed by atoms with Crippen LogP contribution >= 0.6 is 0 Å². The minimum atomic E-state index is -4.49. The molecule has 2 N–H and O–H groups in total. The van der Waals surface area contributed by atoms with E-state index in [2.05, 4.69) is 0 Å². The fourth-order valence-corrected chi connectivity index (χ4v) is 3.85. The molecule has 0 aliphatic carbocycles. The summed E-state index contributed by atoms with van der Waals surface area (Å²) >= 11 is 0. The van der Waals surface area contributed by atoms with Gasteiger partial charge in [-0.05, 0) is 12.1 Å². The lowest BCUT2D eigenvalue weighted by Gasteiger charge is -2.28. The minimum absolute atomic E-state index is 0.0509. The monoisotopic (exact) mass is 384 g/mol. The van der Waals surface area contributed by atoms with E-state index >= 15 is 0 Å². The number of anilines is 2. The van der Waals surface area contributed by atoms with Gasteiger partial charge in [0.05, 0.1) is 5.69 Å². The van der Waals surface area contributed by atoms with Crippen molar-refractivity contribution in [1.29, 1.82) is 0 Å². The Kier molecular flexibility index (Phi) is 4.15. The van der Waals surface area contributed by atoms with E-state index in [1.54, 1.807) is 5.32 Å². The zero-order valence-corrected chi connectivity index (χ0v) is 13.9. The minimum Gasteiger partial charge on any atom is -0.506 e. The predicted molar refractivity (Wildman–Crippen MR) is 88.3 cm³/mol. The highest BCUT2D eigenvalue weighted by Crippen LogP contribution is 2.37. The molecule has 0 aromatic heterocycles. The number of hydrogen-bond acceptors (Lipinski definition) is 4. The Hall–Kier alpha value is -3.01. The topological polar surface area (TPSA) is 86.7 Å². The molecule has 1 aliphatic heterocycles. The largest absolute Gasteiger partial charge is 0.506 e. The second kappa shape index (κ2) is 6.06. The highest BCUT2D eigenvalue weighted by Gasteiger charge is 2.39. The molecule has 136 valence electrons. The molecule has 1 aliphatic rings. The van der Waals surface area contributed by atoms with Crippen molar-refractivity contribution in [2.24, 2.45) is 0 Å². The number of benzene rings is 2. The van der Waals surface area contributed by atoms with Gasteiger partial charge < -0.3 is 10.4 Å². The van der Waals surface area contributed by atoms with Crippen LogP contribution in [0.15, 0.2) is 41.3 Å². The van der Waals surface area contributed by atoms with Crippen molar-refractivity contribution >= 4 is 33.1 Å². The van der Waals surface area contributed by atoms with E-state index in [0.29, 0.717) is 12.1 Å². The van der Waals surface area contributed by atoms with E-state index in [0.717, 1.165) is 11.4 Å². The number of hydrogen-bond donors (Lipinski definition) is 2. The number of carbonyl (C=O) groups excluding carboxylic acids is 1. The molecule has 6 nitrogen and oxygen atoms in total. The molecule has 2 aromatic rings. The Labute approximate surface area is 146 Å². The molecule has 10 heteroatoms. The smallest absolute Gasteiger partial charge is 0.273 e. The van der Waals surface area contributed by atoms with Crippen LogP contribution in [0.4, 0.5) is 24.5 Å². The van der Waals surface area contributed by atoms with Crippen molar-refractivity contribution in [3.05, 3.63) is 64.3 Å². The fraction of sp³-hybridized carbons (Fsp3) is 0.0625. The molecule has 0 bridgehead atoms. The normalized spacial score (nSPS) is 15.6. The van der Waals surface area contributed by atoms with E-state index in [1.807, 2.05) is 0 Å². The average molecular weight is 384 g/mol. The van der Waals surface area contributed by atoms with Crippen LogP contribution in [-0.4, -0.2) is 26.5 Å². The number of halogens is 3. The highest BCUT2D eigenvalue weighted by molar-refractivity contribution is 7.97. The first-order valence-electron chi connectivity index (χ1n) is 7.12. The first kappa shape index (κ1) is 17.8. The molecule has 1 heterocycles. The number of fused-ring (bicyclic) bond motifs is 1. The number of nitrogens with zero attached hydrogens (tertiary/aromatic N) is 1. The first-order valence-corrected chi connectivity index (χ1v) is 8.56. The summed E-state index contributed by atoms with van der Waals surface area (Å²) in [4.78, 5) is 11.3. The Morgan fingerprint density at radius 1 is 1.12 bits per heavy atom. The number of para-hydroxylation sites is 1. The van der Waals surface area contributed by atoms with Crippen LogP contribution in [0, 0.1) is 17.5 Å². The van der Waals surface area contributed by atoms with Gasteiger partial charge in [-0.25, -0.2) is 21.6 Å². The van der Waals surface area contributed by atoms with Gasteiger partial charge in [0.1, 0.15) is 11.5 Å². The number of nitrogens with one attached hydrogen (secondary N) is 1. The summed E-state index contributed by atoms with van der Waals surface area (Å²) in [5, 5.41) is 12.0. The molecule has 0 fully saturated rings. The van der Waals surface area contributed by atoms with Gasteiger partial charge in [-0.1, -0.05) is 12.1 Å². The number of carbonyl (C=O) groups is 1. The van der Waals surface area contributed by atoms with E-state index < -0.39 is 49.7 Å². The lowest BCUT2D eigenvalue weighted by molar-refractivity contribution is -0.112. The van der Waals surface area contributed by atoms with E-state index in [1.165, 1.54) is 24.3 Å². The first-order chi connectivity index (χ1) is 12.1. The van der Waals surface area contributed by atoms with Crippen LogP contribution in [0.1, 0.15) is 5.56 Å². The summed E-state index contributed by atoms with van der Waals surface area (Å²) < 4.78 is 66.2. The zero-order valence-electron chi connectivity index (χ0n) is 13.1. The molecule has 0 radical (unpaired) electrons. The third-order valence-corrected chi connectivity index (χ3v) is 5.60. The Bertz CT molecular complexity index is 1040. The third-order valence-electron chi connectivity index (χ3n) is 3.78. The molecule has 1 amide bonds. The second-order valence-corrected chi connectivity index (χ2v) is 7.27. The van der Waals surface area contributed by atoms with E-state index in [-0.39, 0.29) is 11.3 Å². The van der Waals surface area contributed by atoms with Crippen LogP contribution in [-0.2, 0) is 14.8 Å². The van der Waals surface area contributed by atoms with Crippen molar-refractivity contribution in [1.82, 2.24) is 0 Å². The highest BCUT2D eigenvalue weighted by atomic mass is 32.2. The standard InChI is InChI=1S/C16H11F3N2O4S/c1-21-12-5-3-2-4-9(12)14(22)15(26(21,24)25)16(23)20-13-10(18)6-8(17)7-11(13)19/h2-7,22H,1H3,(H,20,23). The van der Waals surface area contributed by atoms with Crippen LogP contribution < -0.4 is 9.62 Å². The number of aliphatic hydroxyl groups excluding tert-OH is 1. The molecule has 3 rings (SSSR count). The van der Waals surface area contributed by atoms with Crippen molar-refractivity contribution in [3.63, 3.8) is 0 Å². The number of aliphatic hydroxyl groups is 1. The van der Waals surface area contributed by atoms with Gasteiger partial charge in [0, 0.05) is 24.7 Å². The summed E-state index contributed by atoms with van der Waals surface area (Å²) in [6.45, 7) is 0. The summed E-state index contributed by atoms with van der Waals surface area (Å²) in [5.74, 6) is -6.40. The Morgan fingerprint density at radius 3 is 2.31 bits per heavy atom. The van der Waals surface area contributed by atoms with E-state index in [4.69, 9.17) is 0 Å². The Morgan fingerprint density at radius 2 is 1.69 bits per heavy atom. The van der Waals surface area contributed by atoms with Crippen LogP contribution in [0.3, 0.4) is 0 Å². The maximum atomic E-state index is 13.7. The quantitative estimate of drug-likeness (QED) is 0.834. The van der Waals surface area contributed by atoms with Gasteiger partial charge in [0.15, 0.2) is 22.3 Å². The van der Waals surface area contributed by atoms with Crippen molar-refractivity contribution in [2.45, 2.75) is 0 Å². The number of rotatable bonds is 2. The van der Waals surface area contributed by atoms with Gasteiger partial charge in [-0.3, -0.25) is 9.10 Å². The van der Waals surface area contributed by atoms with Gasteiger partial charge in [0.2, 0.25) is 0 Å². The summed E-state index contributed by atoms with van der Waals surface area (Å²) in [6.07, 6.45) is 0. The lowest BCUT2D eigenvalue weighted by Crippen LogP contribution is -2.37. The predicted octanol–water partition coefficient (Wildman–Crippen LogP) is 2.75. The average Bonchev–Trinajstić information content (AvgIpc) is 2.56. The van der Waals surface area contributed by atoms with Gasteiger partial charge in [-0.15, -0.1) is 0 Å². The van der Waals surface area contributed by atoms with Gasteiger partial charge >= 0.3 is 0 Å². The fourth-order valence-electron chi connectivity index (χ4n) is 2.52. The Balaban J connectivity index is 2.12. The van der Waals surface area contributed by atoms with E-state index in [9.17, 15) is 31.5 Å². The maximum Gasteiger partial charge on any atom is 0.273 e. The number of sulfonamides is 1. The van der Waals surface area contributed by atoms with Gasteiger partial charge in [0.25, 0.3) is 15.9 Å². The van der Waals surface area contributed by atoms with Crippen molar-refractivity contribution in [2.75, 3.05) is 16.7 Å². The summed E-state index contributed by atoms with van der Waals surface area (Å²) in [6, 6.07) is 6.48. The molecule has 0 saturated heterocycles. The van der Waals surface area contributed by atoms with Crippen LogP contribution in [0.2, 0.25) is 0 Å². The molecule has 0 saturated carbocycles. The number of amides is 1. The molecular weight excluding hydrogens is 373 g/mol. The molecule has 26 heavy (non-hydrogen) atoms. The molecule has 0 spiro atoms. The van der Waals surface area contributed by atoms with Crippen LogP contribution in [0.5, 0.6) is 0 Å². The SMILES string of the molecule is CN1c2ccccc2C(O)=C(C(=O)Nc2c(F)cc(F)cc2F)S1(=O)=O.